The Morgan fingerprint density at radius 1 is 1.62 bits per heavy atom. The zero-order chi connectivity index (χ0) is 11.7. The Morgan fingerprint density at radius 3 is 3.00 bits per heavy atom. The summed E-state index contributed by atoms with van der Waals surface area (Å²) in [5.74, 6) is -1.04. The van der Waals surface area contributed by atoms with Crippen molar-refractivity contribution >= 4 is 5.97 Å². The van der Waals surface area contributed by atoms with Crippen LogP contribution in [-0.2, 0) is 4.79 Å². The summed E-state index contributed by atoms with van der Waals surface area (Å²) in [6.07, 6.45) is 3.56. The average Bonchev–Trinajstić information content (AvgIpc) is 2.85. The predicted molar refractivity (Wildman–Crippen MR) is 59.3 cm³/mol. The molecular formula is C11H17N3O2. The average molecular weight is 223 g/mol. The van der Waals surface area contributed by atoms with Crippen LogP contribution in [0, 0.1) is 5.92 Å². The molecular weight excluding hydrogens is 206 g/mol. The smallest absolute Gasteiger partial charge is 0.308 e. The SMILES string of the molecule is CC(C)n1cncc1C1CNCC1C(=O)O. The molecule has 2 atom stereocenters. The first kappa shape index (κ1) is 11.1. The summed E-state index contributed by atoms with van der Waals surface area (Å²) in [6, 6.07) is 0.313. The Morgan fingerprint density at radius 2 is 2.38 bits per heavy atom. The molecule has 2 rings (SSSR count). The third-order valence-corrected chi connectivity index (χ3v) is 3.16. The van der Waals surface area contributed by atoms with Crippen LogP contribution < -0.4 is 5.32 Å². The first-order chi connectivity index (χ1) is 7.61. The minimum absolute atomic E-state index is 0.0300. The second kappa shape index (κ2) is 4.25. The topological polar surface area (TPSA) is 67.2 Å². The highest BCUT2D eigenvalue weighted by Crippen LogP contribution is 2.29. The Labute approximate surface area is 94.5 Å². The van der Waals surface area contributed by atoms with Crippen molar-refractivity contribution in [2.75, 3.05) is 13.1 Å². The number of nitrogens with zero attached hydrogens (tertiary/aromatic N) is 2. The van der Waals surface area contributed by atoms with E-state index in [1.165, 1.54) is 0 Å². The summed E-state index contributed by atoms with van der Waals surface area (Å²) in [4.78, 5) is 15.2. The first-order valence-electron chi connectivity index (χ1n) is 5.56. The van der Waals surface area contributed by atoms with Crippen molar-refractivity contribution in [1.29, 1.82) is 0 Å². The minimum Gasteiger partial charge on any atom is -0.481 e. The van der Waals surface area contributed by atoms with E-state index in [9.17, 15) is 4.79 Å². The number of nitrogens with one attached hydrogen (secondary N) is 1. The molecule has 88 valence electrons. The molecule has 0 aromatic carbocycles. The Hall–Kier alpha value is -1.36. The van der Waals surface area contributed by atoms with Gasteiger partial charge in [-0.15, -0.1) is 0 Å². The first-order valence-corrected chi connectivity index (χ1v) is 5.56. The molecule has 1 aliphatic rings. The maximum absolute atomic E-state index is 11.1. The van der Waals surface area contributed by atoms with Crippen LogP contribution in [-0.4, -0.2) is 33.7 Å². The quantitative estimate of drug-likeness (QED) is 0.797. The van der Waals surface area contributed by atoms with Crippen molar-refractivity contribution in [3.8, 4) is 0 Å². The lowest BCUT2D eigenvalue weighted by atomic mass is 9.93. The van der Waals surface area contributed by atoms with E-state index in [1.807, 2.05) is 4.57 Å². The van der Waals surface area contributed by atoms with E-state index < -0.39 is 5.97 Å². The summed E-state index contributed by atoms with van der Waals surface area (Å²) in [6.45, 7) is 5.41. The minimum atomic E-state index is -0.730. The molecule has 1 aliphatic heterocycles. The Kier molecular flexibility index (Phi) is 2.96. The fraction of sp³-hybridized carbons (Fsp3) is 0.636. The van der Waals surface area contributed by atoms with Gasteiger partial charge in [0.2, 0.25) is 0 Å². The lowest BCUT2D eigenvalue weighted by molar-refractivity contribution is -0.141. The van der Waals surface area contributed by atoms with Crippen molar-refractivity contribution in [2.45, 2.75) is 25.8 Å². The van der Waals surface area contributed by atoms with E-state index in [4.69, 9.17) is 5.11 Å². The molecule has 0 aliphatic carbocycles. The van der Waals surface area contributed by atoms with Gasteiger partial charge in [0, 0.05) is 36.9 Å². The zero-order valence-corrected chi connectivity index (χ0v) is 9.55. The number of aliphatic carboxylic acids is 1. The van der Waals surface area contributed by atoms with E-state index in [1.54, 1.807) is 12.5 Å². The third-order valence-electron chi connectivity index (χ3n) is 3.16. The zero-order valence-electron chi connectivity index (χ0n) is 9.55. The number of carboxylic acid groups (broad SMARTS) is 1. The van der Waals surface area contributed by atoms with Crippen LogP contribution in [0.15, 0.2) is 12.5 Å². The molecule has 5 heteroatoms. The summed E-state index contributed by atoms with van der Waals surface area (Å²) in [7, 11) is 0. The van der Waals surface area contributed by atoms with Crippen molar-refractivity contribution in [2.24, 2.45) is 5.92 Å². The van der Waals surface area contributed by atoms with Crippen LogP contribution in [0.2, 0.25) is 0 Å². The highest BCUT2D eigenvalue weighted by Gasteiger charge is 2.35. The summed E-state index contributed by atoms with van der Waals surface area (Å²) < 4.78 is 2.05. The Balaban J connectivity index is 2.29. The molecule has 0 radical (unpaired) electrons. The lowest BCUT2D eigenvalue weighted by Crippen LogP contribution is -2.23. The molecule has 0 bridgehead atoms. The summed E-state index contributed by atoms with van der Waals surface area (Å²) in [5.41, 5.74) is 1.02. The fourth-order valence-electron chi connectivity index (χ4n) is 2.28. The molecule has 1 aromatic heterocycles. The van der Waals surface area contributed by atoms with Gasteiger partial charge in [0.1, 0.15) is 0 Å². The van der Waals surface area contributed by atoms with Gasteiger partial charge in [-0.1, -0.05) is 0 Å². The van der Waals surface area contributed by atoms with Crippen LogP contribution in [0.1, 0.15) is 31.5 Å². The molecule has 0 spiro atoms. The molecule has 1 fully saturated rings. The number of hydrogen-bond acceptors (Lipinski definition) is 3. The number of carboxylic acids is 1. The van der Waals surface area contributed by atoms with E-state index in [0.29, 0.717) is 12.6 Å². The van der Waals surface area contributed by atoms with Gasteiger partial charge in [-0.3, -0.25) is 4.79 Å². The maximum atomic E-state index is 11.1. The second-order valence-corrected chi connectivity index (χ2v) is 4.53. The van der Waals surface area contributed by atoms with Gasteiger partial charge in [-0.2, -0.15) is 0 Å². The standard InChI is InChI=1S/C11H17N3O2/c1-7(2)14-6-13-5-10(14)8-3-12-4-9(8)11(15)16/h5-9,12H,3-4H2,1-2H3,(H,15,16). The Bertz CT molecular complexity index is 386. The van der Waals surface area contributed by atoms with Crippen molar-refractivity contribution in [3.63, 3.8) is 0 Å². The van der Waals surface area contributed by atoms with Crippen molar-refractivity contribution < 1.29 is 9.90 Å². The molecule has 1 aromatic rings. The van der Waals surface area contributed by atoms with Crippen LogP contribution in [0.4, 0.5) is 0 Å². The van der Waals surface area contributed by atoms with Crippen LogP contribution in [0.3, 0.4) is 0 Å². The van der Waals surface area contributed by atoms with Gasteiger partial charge in [0.05, 0.1) is 12.2 Å². The number of aromatic nitrogens is 2. The number of carbonyl (C=O) groups is 1. The fourth-order valence-corrected chi connectivity index (χ4v) is 2.28. The van der Waals surface area contributed by atoms with Crippen LogP contribution in [0.25, 0.3) is 0 Å². The molecule has 0 amide bonds. The summed E-state index contributed by atoms with van der Waals surface area (Å²) in [5, 5.41) is 12.3. The maximum Gasteiger partial charge on any atom is 0.308 e. The molecule has 2 N–H and O–H groups in total. The predicted octanol–water partition coefficient (Wildman–Crippen LogP) is 0.852. The van der Waals surface area contributed by atoms with E-state index in [-0.39, 0.29) is 11.8 Å². The highest BCUT2D eigenvalue weighted by atomic mass is 16.4. The summed E-state index contributed by atoms with van der Waals surface area (Å²) >= 11 is 0. The second-order valence-electron chi connectivity index (χ2n) is 4.53. The molecule has 0 saturated carbocycles. The van der Waals surface area contributed by atoms with Crippen molar-refractivity contribution in [1.82, 2.24) is 14.9 Å². The number of imidazole rings is 1. The third kappa shape index (κ3) is 1.82. The van der Waals surface area contributed by atoms with Gasteiger partial charge in [0.25, 0.3) is 0 Å². The highest BCUT2D eigenvalue weighted by molar-refractivity contribution is 5.72. The van der Waals surface area contributed by atoms with E-state index in [0.717, 1.165) is 12.2 Å². The van der Waals surface area contributed by atoms with Gasteiger partial charge < -0.3 is 15.0 Å². The molecule has 2 heterocycles. The van der Waals surface area contributed by atoms with Gasteiger partial charge in [-0.05, 0) is 13.8 Å². The monoisotopic (exact) mass is 223 g/mol. The lowest BCUT2D eigenvalue weighted by Gasteiger charge is -2.19. The number of rotatable bonds is 3. The van der Waals surface area contributed by atoms with Gasteiger partial charge in [0.15, 0.2) is 0 Å². The normalized spacial score (nSPS) is 25.2. The molecule has 2 unspecified atom stereocenters. The molecule has 5 nitrogen and oxygen atoms in total. The van der Waals surface area contributed by atoms with Crippen molar-refractivity contribution in [3.05, 3.63) is 18.2 Å². The van der Waals surface area contributed by atoms with E-state index in [2.05, 4.69) is 24.1 Å². The number of hydrogen-bond donors (Lipinski definition) is 2. The molecule has 1 saturated heterocycles. The molecule has 16 heavy (non-hydrogen) atoms. The largest absolute Gasteiger partial charge is 0.481 e. The van der Waals surface area contributed by atoms with Crippen LogP contribution >= 0.6 is 0 Å². The van der Waals surface area contributed by atoms with Crippen LogP contribution in [0.5, 0.6) is 0 Å². The van der Waals surface area contributed by atoms with Gasteiger partial charge in [-0.25, -0.2) is 4.98 Å². The van der Waals surface area contributed by atoms with Gasteiger partial charge >= 0.3 is 5.97 Å². The van der Waals surface area contributed by atoms with E-state index >= 15 is 0 Å².